The summed E-state index contributed by atoms with van der Waals surface area (Å²) in [7, 11) is -3.69. The fourth-order valence-corrected chi connectivity index (χ4v) is 5.31. The Hall–Kier alpha value is -1.83. The molecule has 1 unspecified atom stereocenters. The number of carbonyl (C=O) groups is 1. The molecule has 0 bridgehead atoms. The number of nitrogens with zero attached hydrogens (tertiary/aromatic N) is 1. The van der Waals surface area contributed by atoms with Gasteiger partial charge in [-0.25, -0.2) is 8.42 Å². The molecular formula is C19H22N2O3S2. The highest BCUT2D eigenvalue weighted by Gasteiger charge is 2.39. The Kier molecular flexibility index (Phi) is 5.70. The van der Waals surface area contributed by atoms with Crippen molar-refractivity contribution in [3.05, 3.63) is 54.1 Å². The van der Waals surface area contributed by atoms with Crippen LogP contribution in [0, 0.1) is 6.92 Å². The van der Waals surface area contributed by atoms with Crippen LogP contribution < -0.4 is 5.32 Å². The summed E-state index contributed by atoms with van der Waals surface area (Å²) in [5.74, 6) is -0.278. The number of hydrogen-bond donors (Lipinski definition) is 1. The number of sulfonamides is 1. The molecule has 5 nitrogen and oxygen atoms in total. The minimum Gasteiger partial charge on any atom is -0.324 e. The van der Waals surface area contributed by atoms with Crippen LogP contribution in [-0.2, 0) is 14.8 Å². The highest BCUT2D eigenvalue weighted by molar-refractivity contribution is 7.98. The molecule has 0 aliphatic carbocycles. The van der Waals surface area contributed by atoms with Crippen LogP contribution in [-0.4, -0.2) is 37.5 Å². The van der Waals surface area contributed by atoms with E-state index in [9.17, 15) is 13.2 Å². The summed E-state index contributed by atoms with van der Waals surface area (Å²) in [6.45, 7) is 2.27. The van der Waals surface area contributed by atoms with Gasteiger partial charge in [-0.1, -0.05) is 29.8 Å². The molecule has 1 heterocycles. The van der Waals surface area contributed by atoms with Crippen molar-refractivity contribution in [2.24, 2.45) is 0 Å². The van der Waals surface area contributed by atoms with E-state index in [-0.39, 0.29) is 10.8 Å². The molecule has 26 heavy (non-hydrogen) atoms. The standard InChI is InChI=1S/C19H22N2O3S2/c1-14-9-11-15(12-10-14)26(23,24)21-13-5-7-17(21)19(22)20-16-6-3-4-8-18(16)25-2/h3-4,6,8-12,17H,5,7,13H2,1-2H3,(H,20,22). The van der Waals surface area contributed by atoms with Crippen molar-refractivity contribution >= 4 is 33.4 Å². The van der Waals surface area contributed by atoms with Crippen molar-refractivity contribution in [1.82, 2.24) is 4.31 Å². The molecule has 2 aromatic carbocycles. The van der Waals surface area contributed by atoms with Gasteiger partial charge in [-0.15, -0.1) is 11.8 Å². The third-order valence-electron chi connectivity index (χ3n) is 4.50. The first kappa shape index (κ1) is 18.9. The molecule has 1 fully saturated rings. The summed E-state index contributed by atoms with van der Waals surface area (Å²) in [4.78, 5) is 14.0. The quantitative estimate of drug-likeness (QED) is 0.794. The molecule has 2 aromatic rings. The Morgan fingerprint density at radius 1 is 1.15 bits per heavy atom. The predicted octanol–water partition coefficient (Wildman–Crippen LogP) is 3.51. The van der Waals surface area contributed by atoms with Gasteiger partial charge in [-0.3, -0.25) is 4.79 Å². The number of para-hydroxylation sites is 1. The van der Waals surface area contributed by atoms with Crippen LogP contribution in [0.2, 0.25) is 0 Å². The Balaban J connectivity index is 1.83. The molecule has 138 valence electrons. The van der Waals surface area contributed by atoms with Gasteiger partial charge in [-0.05, 0) is 50.3 Å². The van der Waals surface area contributed by atoms with Gasteiger partial charge in [0.1, 0.15) is 6.04 Å². The van der Waals surface area contributed by atoms with Crippen molar-refractivity contribution in [2.75, 3.05) is 18.1 Å². The number of nitrogens with one attached hydrogen (secondary N) is 1. The van der Waals surface area contributed by atoms with Gasteiger partial charge in [0, 0.05) is 11.4 Å². The predicted molar refractivity (Wildman–Crippen MR) is 105 cm³/mol. The minimum atomic E-state index is -3.69. The van der Waals surface area contributed by atoms with Crippen LogP contribution in [0.4, 0.5) is 5.69 Å². The fraction of sp³-hybridized carbons (Fsp3) is 0.316. The second-order valence-electron chi connectivity index (χ2n) is 6.28. The van der Waals surface area contributed by atoms with Gasteiger partial charge < -0.3 is 5.32 Å². The number of thioether (sulfide) groups is 1. The Bertz CT molecular complexity index is 895. The Labute approximate surface area is 158 Å². The Morgan fingerprint density at radius 2 is 1.85 bits per heavy atom. The van der Waals surface area contributed by atoms with Gasteiger partial charge in [0.15, 0.2) is 0 Å². The van der Waals surface area contributed by atoms with E-state index in [1.807, 2.05) is 37.4 Å². The number of benzene rings is 2. The van der Waals surface area contributed by atoms with Crippen LogP contribution in [0.15, 0.2) is 58.3 Å². The third kappa shape index (κ3) is 3.79. The summed E-state index contributed by atoms with van der Waals surface area (Å²) in [5, 5.41) is 2.90. The molecular weight excluding hydrogens is 368 g/mol. The summed E-state index contributed by atoms with van der Waals surface area (Å²) in [6, 6.07) is 13.6. The molecule has 1 atom stereocenters. The topological polar surface area (TPSA) is 66.5 Å². The average molecular weight is 391 g/mol. The lowest BCUT2D eigenvalue weighted by molar-refractivity contribution is -0.119. The molecule has 1 amide bonds. The van der Waals surface area contributed by atoms with Crippen LogP contribution in [0.1, 0.15) is 18.4 Å². The Morgan fingerprint density at radius 3 is 2.54 bits per heavy atom. The smallest absolute Gasteiger partial charge is 0.243 e. The zero-order valence-electron chi connectivity index (χ0n) is 14.8. The van der Waals surface area contributed by atoms with Gasteiger partial charge in [-0.2, -0.15) is 4.31 Å². The number of anilines is 1. The van der Waals surface area contributed by atoms with E-state index in [1.54, 1.807) is 24.3 Å². The number of hydrogen-bond acceptors (Lipinski definition) is 4. The van der Waals surface area contributed by atoms with Gasteiger partial charge in [0.05, 0.1) is 10.6 Å². The zero-order valence-corrected chi connectivity index (χ0v) is 16.4. The lowest BCUT2D eigenvalue weighted by Gasteiger charge is -2.24. The maximum atomic E-state index is 13.0. The van der Waals surface area contributed by atoms with Crippen LogP contribution in [0.5, 0.6) is 0 Å². The number of aryl methyl sites for hydroxylation is 1. The molecule has 0 radical (unpaired) electrons. The highest BCUT2D eigenvalue weighted by atomic mass is 32.2. The molecule has 0 spiro atoms. The van der Waals surface area contributed by atoms with Crippen LogP contribution >= 0.6 is 11.8 Å². The number of rotatable bonds is 5. The number of amides is 1. The van der Waals surface area contributed by atoms with Gasteiger partial charge in [0.2, 0.25) is 15.9 Å². The molecule has 0 aromatic heterocycles. The first-order valence-electron chi connectivity index (χ1n) is 8.46. The lowest BCUT2D eigenvalue weighted by atomic mass is 10.2. The summed E-state index contributed by atoms with van der Waals surface area (Å²) in [6.07, 6.45) is 3.14. The zero-order chi connectivity index (χ0) is 18.7. The normalized spacial score (nSPS) is 18.0. The SMILES string of the molecule is CSc1ccccc1NC(=O)C1CCCN1S(=O)(=O)c1ccc(C)cc1. The second-order valence-corrected chi connectivity index (χ2v) is 9.01. The lowest BCUT2D eigenvalue weighted by Crippen LogP contribution is -2.43. The van der Waals surface area contributed by atoms with Crippen molar-refractivity contribution in [3.8, 4) is 0 Å². The van der Waals surface area contributed by atoms with E-state index < -0.39 is 16.1 Å². The van der Waals surface area contributed by atoms with E-state index in [2.05, 4.69) is 5.32 Å². The van der Waals surface area contributed by atoms with E-state index in [1.165, 1.54) is 16.1 Å². The summed E-state index contributed by atoms with van der Waals surface area (Å²) in [5.41, 5.74) is 1.71. The molecule has 1 aliphatic rings. The van der Waals surface area contributed by atoms with Gasteiger partial charge >= 0.3 is 0 Å². The number of carbonyl (C=O) groups excluding carboxylic acids is 1. The van der Waals surface area contributed by atoms with Crippen molar-refractivity contribution in [2.45, 2.75) is 35.6 Å². The van der Waals surface area contributed by atoms with Gasteiger partial charge in [0.25, 0.3) is 0 Å². The van der Waals surface area contributed by atoms with Crippen molar-refractivity contribution < 1.29 is 13.2 Å². The molecule has 1 N–H and O–H groups in total. The van der Waals surface area contributed by atoms with E-state index in [0.717, 1.165) is 10.5 Å². The second kappa shape index (κ2) is 7.82. The fourth-order valence-electron chi connectivity index (χ4n) is 3.10. The average Bonchev–Trinajstić information content (AvgIpc) is 3.13. The molecule has 7 heteroatoms. The van der Waals surface area contributed by atoms with Crippen LogP contribution in [0.25, 0.3) is 0 Å². The summed E-state index contributed by atoms with van der Waals surface area (Å²) >= 11 is 1.54. The first-order chi connectivity index (χ1) is 12.4. The highest BCUT2D eigenvalue weighted by Crippen LogP contribution is 2.29. The monoisotopic (exact) mass is 390 g/mol. The summed E-state index contributed by atoms with van der Waals surface area (Å²) < 4.78 is 27.3. The van der Waals surface area contributed by atoms with E-state index in [0.29, 0.717) is 25.1 Å². The van der Waals surface area contributed by atoms with Crippen molar-refractivity contribution in [1.29, 1.82) is 0 Å². The maximum Gasteiger partial charge on any atom is 0.243 e. The van der Waals surface area contributed by atoms with E-state index >= 15 is 0 Å². The van der Waals surface area contributed by atoms with E-state index in [4.69, 9.17) is 0 Å². The maximum absolute atomic E-state index is 13.0. The van der Waals surface area contributed by atoms with Crippen molar-refractivity contribution in [3.63, 3.8) is 0 Å². The minimum absolute atomic E-state index is 0.229. The molecule has 1 aliphatic heterocycles. The first-order valence-corrected chi connectivity index (χ1v) is 11.1. The molecule has 0 saturated carbocycles. The molecule has 3 rings (SSSR count). The molecule has 1 saturated heterocycles. The third-order valence-corrected chi connectivity index (χ3v) is 7.22. The largest absolute Gasteiger partial charge is 0.324 e. The van der Waals surface area contributed by atoms with Crippen LogP contribution in [0.3, 0.4) is 0 Å².